The van der Waals surface area contributed by atoms with Gasteiger partial charge in [-0.2, -0.15) is 0 Å². The summed E-state index contributed by atoms with van der Waals surface area (Å²) in [6.45, 7) is 4.14. The first-order valence-corrected chi connectivity index (χ1v) is 6.86. The lowest BCUT2D eigenvalue weighted by molar-refractivity contribution is -0.143. The number of rotatable bonds is 4. The highest BCUT2D eigenvalue weighted by Gasteiger charge is 2.30. The van der Waals surface area contributed by atoms with Crippen LogP contribution >= 0.6 is 0 Å². The molecule has 18 heavy (non-hydrogen) atoms. The van der Waals surface area contributed by atoms with E-state index < -0.39 is 5.97 Å². The van der Waals surface area contributed by atoms with E-state index in [1.54, 1.807) is 0 Å². The second-order valence-electron chi connectivity index (χ2n) is 5.69. The molecule has 2 rings (SSSR count). The van der Waals surface area contributed by atoms with E-state index in [1.165, 1.54) is 29.5 Å². The van der Waals surface area contributed by atoms with Gasteiger partial charge in [0.2, 0.25) is 0 Å². The monoisotopic (exact) mass is 246 g/mol. The lowest BCUT2D eigenvalue weighted by Gasteiger charge is -2.19. The van der Waals surface area contributed by atoms with Crippen LogP contribution in [-0.2, 0) is 11.2 Å². The molecule has 1 aliphatic carbocycles. The molecule has 1 fully saturated rings. The molecule has 0 amide bonds. The van der Waals surface area contributed by atoms with Crippen LogP contribution in [0.15, 0.2) is 18.2 Å². The number of carboxylic acids is 1. The number of aliphatic carboxylic acids is 1. The molecule has 1 aromatic carbocycles. The Hall–Kier alpha value is -1.31. The molecule has 0 heterocycles. The van der Waals surface area contributed by atoms with Gasteiger partial charge < -0.3 is 5.11 Å². The Morgan fingerprint density at radius 2 is 1.78 bits per heavy atom. The van der Waals surface area contributed by atoms with Crippen molar-refractivity contribution < 1.29 is 9.90 Å². The molecule has 1 unspecified atom stereocenters. The maximum Gasteiger partial charge on any atom is 0.307 e. The summed E-state index contributed by atoms with van der Waals surface area (Å²) >= 11 is 0. The van der Waals surface area contributed by atoms with Gasteiger partial charge in [0.05, 0.1) is 5.92 Å². The molecule has 0 aromatic heterocycles. The second kappa shape index (κ2) is 5.55. The number of hydrogen-bond donors (Lipinski definition) is 1. The second-order valence-corrected chi connectivity index (χ2v) is 5.69. The van der Waals surface area contributed by atoms with Gasteiger partial charge in [0.1, 0.15) is 0 Å². The fourth-order valence-electron chi connectivity index (χ4n) is 3.26. The lowest BCUT2D eigenvalue weighted by atomic mass is 9.85. The molecule has 0 saturated heterocycles. The van der Waals surface area contributed by atoms with E-state index in [-0.39, 0.29) is 5.92 Å². The van der Waals surface area contributed by atoms with Gasteiger partial charge in [-0.1, -0.05) is 42.2 Å². The number of carboxylic acid groups (broad SMARTS) is 1. The Labute approximate surface area is 109 Å². The summed E-state index contributed by atoms with van der Waals surface area (Å²) in [6.07, 6.45) is 5.24. The van der Waals surface area contributed by atoms with Crippen molar-refractivity contribution in [2.45, 2.75) is 46.0 Å². The van der Waals surface area contributed by atoms with Crippen LogP contribution in [0.3, 0.4) is 0 Å². The molecule has 1 atom stereocenters. The molecule has 2 heteroatoms. The fraction of sp³-hybridized carbons (Fsp3) is 0.562. The van der Waals surface area contributed by atoms with Crippen LogP contribution in [0.25, 0.3) is 0 Å². The van der Waals surface area contributed by atoms with Crippen molar-refractivity contribution in [3.8, 4) is 0 Å². The maximum atomic E-state index is 11.5. The van der Waals surface area contributed by atoms with Crippen molar-refractivity contribution in [1.29, 1.82) is 0 Å². The fourth-order valence-corrected chi connectivity index (χ4v) is 3.26. The van der Waals surface area contributed by atoms with Gasteiger partial charge in [-0.05, 0) is 44.6 Å². The molecular weight excluding hydrogens is 224 g/mol. The first kappa shape index (κ1) is 13.1. The standard InChI is InChI=1S/C16H22O2/c1-11-7-12(2)9-13(8-11)10-15(16(17)18)14-5-3-4-6-14/h7-9,14-15H,3-6,10H2,1-2H3,(H,17,18). The quantitative estimate of drug-likeness (QED) is 0.878. The predicted molar refractivity (Wildman–Crippen MR) is 72.7 cm³/mol. The van der Waals surface area contributed by atoms with E-state index in [4.69, 9.17) is 0 Å². The highest BCUT2D eigenvalue weighted by Crippen LogP contribution is 2.33. The molecule has 1 N–H and O–H groups in total. The summed E-state index contributed by atoms with van der Waals surface area (Å²) in [4.78, 5) is 11.5. The van der Waals surface area contributed by atoms with Gasteiger partial charge >= 0.3 is 5.97 Å². The molecule has 1 aromatic rings. The van der Waals surface area contributed by atoms with Gasteiger partial charge in [0.25, 0.3) is 0 Å². The molecule has 0 aliphatic heterocycles. The average molecular weight is 246 g/mol. The molecule has 0 bridgehead atoms. The number of benzene rings is 1. The van der Waals surface area contributed by atoms with Crippen molar-refractivity contribution in [3.63, 3.8) is 0 Å². The van der Waals surface area contributed by atoms with Gasteiger partial charge in [0, 0.05) is 0 Å². The summed E-state index contributed by atoms with van der Waals surface area (Å²) in [5.74, 6) is -0.446. The smallest absolute Gasteiger partial charge is 0.307 e. The topological polar surface area (TPSA) is 37.3 Å². The van der Waals surface area contributed by atoms with Gasteiger partial charge in [0.15, 0.2) is 0 Å². The Morgan fingerprint density at radius 1 is 1.22 bits per heavy atom. The van der Waals surface area contributed by atoms with Crippen molar-refractivity contribution in [3.05, 3.63) is 34.9 Å². The van der Waals surface area contributed by atoms with Crippen LogP contribution < -0.4 is 0 Å². The van der Waals surface area contributed by atoms with Crippen LogP contribution in [0, 0.1) is 25.7 Å². The largest absolute Gasteiger partial charge is 0.481 e. The minimum atomic E-state index is -0.624. The predicted octanol–water partition coefficient (Wildman–Crippen LogP) is 3.74. The maximum absolute atomic E-state index is 11.5. The SMILES string of the molecule is Cc1cc(C)cc(CC(C(=O)O)C2CCCC2)c1. The van der Waals surface area contributed by atoms with Crippen molar-refractivity contribution in [2.75, 3.05) is 0 Å². The molecule has 2 nitrogen and oxygen atoms in total. The summed E-state index contributed by atoms with van der Waals surface area (Å²) < 4.78 is 0. The summed E-state index contributed by atoms with van der Waals surface area (Å²) in [7, 11) is 0. The summed E-state index contributed by atoms with van der Waals surface area (Å²) in [6, 6.07) is 6.38. The zero-order valence-electron chi connectivity index (χ0n) is 11.3. The molecule has 1 aliphatic rings. The highest BCUT2D eigenvalue weighted by molar-refractivity contribution is 5.71. The van der Waals surface area contributed by atoms with Crippen molar-refractivity contribution in [1.82, 2.24) is 0 Å². The van der Waals surface area contributed by atoms with E-state index in [9.17, 15) is 9.90 Å². The van der Waals surface area contributed by atoms with Crippen LogP contribution in [-0.4, -0.2) is 11.1 Å². The van der Waals surface area contributed by atoms with Crippen LogP contribution in [0.5, 0.6) is 0 Å². The summed E-state index contributed by atoms with van der Waals surface area (Å²) in [5, 5.41) is 9.43. The third kappa shape index (κ3) is 3.12. The van der Waals surface area contributed by atoms with Crippen LogP contribution in [0.4, 0.5) is 0 Å². The van der Waals surface area contributed by atoms with Crippen LogP contribution in [0.2, 0.25) is 0 Å². The van der Waals surface area contributed by atoms with E-state index in [1.807, 2.05) is 0 Å². The normalized spacial score (nSPS) is 17.9. The van der Waals surface area contributed by atoms with E-state index >= 15 is 0 Å². The summed E-state index contributed by atoms with van der Waals surface area (Å²) in [5.41, 5.74) is 3.62. The Bertz CT molecular complexity index is 410. The van der Waals surface area contributed by atoms with Crippen LogP contribution in [0.1, 0.15) is 42.4 Å². The van der Waals surface area contributed by atoms with E-state index in [0.717, 1.165) is 12.8 Å². The van der Waals surface area contributed by atoms with E-state index in [0.29, 0.717) is 12.3 Å². The molecule has 0 radical (unpaired) electrons. The minimum Gasteiger partial charge on any atom is -0.481 e. The van der Waals surface area contributed by atoms with Gasteiger partial charge in [-0.25, -0.2) is 0 Å². The average Bonchev–Trinajstić information content (AvgIpc) is 2.77. The number of aryl methyl sites for hydroxylation is 2. The Balaban J connectivity index is 2.15. The number of hydrogen-bond acceptors (Lipinski definition) is 1. The van der Waals surface area contributed by atoms with Crippen molar-refractivity contribution >= 4 is 5.97 Å². The molecule has 1 saturated carbocycles. The number of carbonyl (C=O) groups is 1. The molecule has 98 valence electrons. The third-order valence-electron chi connectivity index (χ3n) is 4.02. The first-order valence-electron chi connectivity index (χ1n) is 6.86. The molecular formula is C16H22O2. The third-order valence-corrected chi connectivity index (χ3v) is 4.02. The van der Waals surface area contributed by atoms with Gasteiger partial charge in [-0.3, -0.25) is 4.79 Å². The Morgan fingerprint density at radius 3 is 2.28 bits per heavy atom. The Kier molecular flexibility index (Phi) is 4.05. The van der Waals surface area contributed by atoms with Gasteiger partial charge in [-0.15, -0.1) is 0 Å². The lowest BCUT2D eigenvalue weighted by Crippen LogP contribution is -2.24. The zero-order chi connectivity index (χ0) is 13.1. The van der Waals surface area contributed by atoms with E-state index in [2.05, 4.69) is 32.0 Å². The van der Waals surface area contributed by atoms with Crippen molar-refractivity contribution in [2.24, 2.45) is 11.8 Å². The first-order chi connectivity index (χ1) is 8.56. The zero-order valence-corrected chi connectivity index (χ0v) is 11.3. The highest BCUT2D eigenvalue weighted by atomic mass is 16.4. The minimum absolute atomic E-state index is 0.200. The molecule has 0 spiro atoms.